The molecule has 1 saturated heterocycles. The predicted molar refractivity (Wildman–Crippen MR) is 96.5 cm³/mol. The highest BCUT2D eigenvalue weighted by Gasteiger charge is 2.39. The molecular weight excluding hydrogens is 360 g/mol. The Balaban J connectivity index is 2.30. The van der Waals surface area contributed by atoms with Crippen LogP contribution in [0.25, 0.3) is 0 Å². The van der Waals surface area contributed by atoms with Crippen LogP contribution in [0, 0.1) is 5.92 Å². The number of aromatic carboxylic acids is 1. The van der Waals surface area contributed by atoms with Crippen molar-refractivity contribution in [2.24, 2.45) is 5.92 Å². The van der Waals surface area contributed by atoms with Gasteiger partial charge in [-0.1, -0.05) is 13.8 Å². The van der Waals surface area contributed by atoms with E-state index < -0.39 is 27.9 Å². The van der Waals surface area contributed by atoms with Gasteiger partial charge in [-0.05, 0) is 36.1 Å². The number of carbonyl (C=O) groups excluding carboxylic acids is 1. The minimum absolute atomic E-state index is 0.0183. The highest BCUT2D eigenvalue weighted by molar-refractivity contribution is 7.89. The summed E-state index contributed by atoms with van der Waals surface area (Å²) in [6.45, 7) is 4.06. The second-order valence-corrected chi connectivity index (χ2v) is 8.66. The van der Waals surface area contributed by atoms with Crippen LogP contribution < -0.4 is 5.32 Å². The Morgan fingerprint density at radius 3 is 2.50 bits per heavy atom. The number of carbonyl (C=O) groups is 2. The van der Waals surface area contributed by atoms with Gasteiger partial charge in [-0.25, -0.2) is 13.2 Å². The number of benzene rings is 1. The first kappa shape index (κ1) is 20.3. The van der Waals surface area contributed by atoms with E-state index >= 15 is 0 Å². The summed E-state index contributed by atoms with van der Waals surface area (Å²) >= 11 is 0. The van der Waals surface area contributed by atoms with Crippen molar-refractivity contribution in [1.82, 2.24) is 4.31 Å². The zero-order valence-electron chi connectivity index (χ0n) is 15.1. The minimum atomic E-state index is -3.45. The maximum absolute atomic E-state index is 12.8. The lowest BCUT2D eigenvalue weighted by atomic mass is 10.0. The summed E-state index contributed by atoms with van der Waals surface area (Å²) < 4.78 is 30.7. The maximum Gasteiger partial charge on any atom is 0.335 e. The number of ether oxygens (including phenoxy) is 1. The van der Waals surface area contributed by atoms with Crippen LogP contribution >= 0.6 is 0 Å². The second kappa shape index (κ2) is 8.15. The quantitative estimate of drug-likeness (QED) is 0.737. The van der Waals surface area contributed by atoms with Gasteiger partial charge in [0, 0.05) is 19.3 Å². The standard InChI is InChI=1S/C17H24N2O6S/c1-11(2)15(19-5-4-6-26(19,23)24)16(20)18-14-8-12(10-25-3)7-13(9-14)17(21)22/h7-9,11,15H,4-6,10H2,1-3H3,(H,18,20)(H,21,22). The maximum atomic E-state index is 12.8. The van der Waals surface area contributed by atoms with E-state index in [0.717, 1.165) is 0 Å². The van der Waals surface area contributed by atoms with Crippen LogP contribution in [0.3, 0.4) is 0 Å². The Morgan fingerprint density at radius 2 is 2.00 bits per heavy atom. The second-order valence-electron chi connectivity index (χ2n) is 6.62. The largest absolute Gasteiger partial charge is 0.478 e. The summed E-state index contributed by atoms with van der Waals surface area (Å²) in [7, 11) is -1.96. The number of sulfonamides is 1. The third kappa shape index (κ3) is 4.60. The molecule has 1 fully saturated rings. The molecule has 0 aliphatic carbocycles. The number of hydrogen-bond donors (Lipinski definition) is 2. The first-order chi connectivity index (χ1) is 12.2. The summed E-state index contributed by atoms with van der Waals surface area (Å²) in [5.74, 6) is -1.79. The average Bonchev–Trinajstić information content (AvgIpc) is 2.86. The summed E-state index contributed by atoms with van der Waals surface area (Å²) in [6.07, 6.45) is 0.491. The van der Waals surface area contributed by atoms with Gasteiger partial charge in [0.1, 0.15) is 6.04 Å². The van der Waals surface area contributed by atoms with Crippen molar-refractivity contribution in [3.05, 3.63) is 29.3 Å². The Bertz CT molecular complexity index is 790. The van der Waals surface area contributed by atoms with Crippen LogP contribution in [0.2, 0.25) is 0 Å². The number of amides is 1. The lowest BCUT2D eigenvalue weighted by molar-refractivity contribution is -0.120. The topological polar surface area (TPSA) is 113 Å². The third-order valence-electron chi connectivity index (χ3n) is 4.17. The highest BCUT2D eigenvalue weighted by atomic mass is 32.2. The van der Waals surface area contributed by atoms with Gasteiger partial charge in [-0.2, -0.15) is 4.31 Å². The molecule has 1 aromatic carbocycles. The molecule has 8 nitrogen and oxygen atoms in total. The van der Waals surface area contributed by atoms with E-state index in [9.17, 15) is 23.1 Å². The monoisotopic (exact) mass is 384 g/mol. The molecule has 9 heteroatoms. The van der Waals surface area contributed by atoms with Crippen LogP contribution in [0.5, 0.6) is 0 Å². The Kier molecular flexibility index (Phi) is 6.38. The number of carboxylic acid groups (broad SMARTS) is 1. The number of nitrogens with one attached hydrogen (secondary N) is 1. The fourth-order valence-electron chi connectivity index (χ4n) is 3.09. The van der Waals surface area contributed by atoms with Crippen LogP contribution in [0.1, 0.15) is 36.2 Å². The minimum Gasteiger partial charge on any atom is -0.478 e. The lowest BCUT2D eigenvalue weighted by Gasteiger charge is -2.28. The zero-order chi connectivity index (χ0) is 19.5. The average molecular weight is 384 g/mol. The SMILES string of the molecule is COCc1cc(NC(=O)C(C(C)C)N2CCCS2(=O)=O)cc(C(=O)O)c1. The smallest absolute Gasteiger partial charge is 0.335 e. The van der Waals surface area contributed by atoms with Crippen LogP contribution in [0.15, 0.2) is 18.2 Å². The Hall–Kier alpha value is -1.97. The van der Waals surface area contributed by atoms with Crippen LogP contribution in [-0.2, 0) is 26.2 Å². The third-order valence-corrected chi connectivity index (χ3v) is 6.10. The predicted octanol–water partition coefficient (Wildman–Crippen LogP) is 1.53. The lowest BCUT2D eigenvalue weighted by Crippen LogP contribution is -2.48. The van der Waals surface area contributed by atoms with E-state index in [1.54, 1.807) is 19.9 Å². The van der Waals surface area contributed by atoms with E-state index in [4.69, 9.17) is 4.74 Å². The van der Waals surface area contributed by atoms with Gasteiger partial charge in [0.15, 0.2) is 0 Å². The molecule has 1 atom stereocenters. The van der Waals surface area contributed by atoms with Gasteiger partial charge in [0.05, 0.1) is 17.9 Å². The molecule has 144 valence electrons. The molecule has 2 rings (SSSR count). The van der Waals surface area contributed by atoms with Crippen molar-refractivity contribution >= 4 is 27.6 Å². The summed E-state index contributed by atoms with van der Waals surface area (Å²) in [5, 5.41) is 11.9. The molecule has 1 aromatic rings. The van der Waals surface area contributed by atoms with Gasteiger partial charge < -0.3 is 15.2 Å². The van der Waals surface area contributed by atoms with Crippen molar-refractivity contribution in [2.45, 2.75) is 32.9 Å². The molecule has 1 unspecified atom stereocenters. The molecule has 1 aliphatic rings. The fraction of sp³-hybridized carbons (Fsp3) is 0.529. The van der Waals surface area contributed by atoms with Gasteiger partial charge in [0.25, 0.3) is 0 Å². The molecule has 0 spiro atoms. The molecule has 0 saturated carbocycles. The van der Waals surface area contributed by atoms with Gasteiger partial charge in [0.2, 0.25) is 15.9 Å². The molecule has 0 radical (unpaired) electrons. The van der Waals surface area contributed by atoms with E-state index in [2.05, 4.69) is 5.32 Å². The van der Waals surface area contributed by atoms with E-state index in [0.29, 0.717) is 24.2 Å². The van der Waals surface area contributed by atoms with Gasteiger partial charge in [-0.3, -0.25) is 4.79 Å². The molecule has 1 heterocycles. The summed E-state index contributed by atoms with van der Waals surface area (Å²) in [5.41, 5.74) is 0.909. The normalized spacial score (nSPS) is 18.0. The van der Waals surface area contributed by atoms with Crippen molar-refractivity contribution < 1.29 is 27.9 Å². The summed E-state index contributed by atoms with van der Waals surface area (Å²) in [6, 6.07) is 3.58. The first-order valence-electron chi connectivity index (χ1n) is 8.32. The number of rotatable bonds is 7. The zero-order valence-corrected chi connectivity index (χ0v) is 15.9. The van der Waals surface area contributed by atoms with Crippen LogP contribution in [-0.4, -0.2) is 55.2 Å². The molecule has 2 N–H and O–H groups in total. The number of anilines is 1. The van der Waals surface area contributed by atoms with Crippen molar-refractivity contribution in [2.75, 3.05) is 24.7 Å². The van der Waals surface area contributed by atoms with Crippen LogP contribution in [0.4, 0.5) is 5.69 Å². The Labute approximate surface area is 153 Å². The molecule has 1 aliphatic heterocycles. The van der Waals surface area contributed by atoms with E-state index in [1.165, 1.54) is 23.5 Å². The van der Waals surface area contributed by atoms with Crippen molar-refractivity contribution in [3.8, 4) is 0 Å². The van der Waals surface area contributed by atoms with E-state index in [-0.39, 0.29) is 23.8 Å². The first-order valence-corrected chi connectivity index (χ1v) is 9.93. The molecule has 0 aromatic heterocycles. The molecule has 26 heavy (non-hydrogen) atoms. The highest BCUT2D eigenvalue weighted by Crippen LogP contribution is 2.24. The number of methoxy groups -OCH3 is 1. The fourth-order valence-corrected chi connectivity index (χ4v) is 4.91. The van der Waals surface area contributed by atoms with Crippen molar-refractivity contribution in [3.63, 3.8) is 0 Å². The molecule has 1 amide bonds. The van der Waals surface area contributed by atoms with Gasteiger partial charge >= 0.3 is 5.97 Å². The number of carboxylic acids is 1. The number of nitrogens with zero attached hydrogens (tertiary/aromatic N) is 1. The Morgan fingerprint density at radius 1 is 1.31 bits per heavy atom. The number of hydrogen-bond acceptors (Lipinski definition) is 5. The summed E-state index contributed by atoms with van der Waals surface area (Å²) in [4.78, 5) is 24.1. The van der Waals surface area contributed by atoms with E-state index in [1.807, 2.05) is 0 Å². The molecule has 0 bridgehead atoms. The van der Waals surface area contributed by atoms with Crippen molar-refractivity contribution in [1.29, 1.82) is 0 Å². The molecular formula is C17H24N2O6S. The van der Waals surface area contributed by atoms with Gasteiger partial charge in [-0.15, -0.1) is 0 Å².